The predicted octanol–water partition coefficient (Wildman–Crippen LogP) is 1.49. The first-order chi connectivity index (χ1) is 8.76. The van der Waals surface area contributed by atoms with Crippen LogP contribution in [0.3, 0.4) is 0 Å². The van der Waals surface area contributed by atoms with Gasteiger partial charge in [-0.1, -0.05) is 0 Å². The molecule has 1 aliphatic rings. The van der Waals surface area contributed by atoms with Crippen molar-refractivity contribution in [3.8, 4) is 0 Å². The highest BCUT2D eigenvalue weighted by Crippen LogP contribution is 2.48. The predicted molar refractivity (Wildman–Crippen MR) is 70.0 cm³/mol. The van der Waals surface area contributed by atoms with Gasteiger partial charge in [-0.2, -0.15) is 0 Å². The first kappa shape index (κ1) is 17.0. The van der Waals surface area contributed by atoms with Crippen molar-refractivity contribution in [1.82, 2.24) is 4.90 Å². The van der Waals surface area contributed by atoms with Crippen LogP contribution in [-0.2, 0) is 27.6 Å². The Balaban J connectivity index is 2.33. The smallest absolute Gasteiger partial charge is 0.348 e. The average Bonchev–Trinajstić information content (AvgIpc) is 2.66. The van der Waals surface area contributed by atoms with Crippen LogP contribution in [0.1, 0.15) is 13.8 Å². The van der Waals surface area contributed by atoms with Gasteiger partial charge >= 0.3 is 7.82 Å². The monoisotopic (exact) mass is 297 g/mol. The van der Waals surface area contributed by atoms with E-state index < -0.39 is 13.6 Å². The molecule has 2 atom stereocenters. The van der Waals surface area contributed by atoms with Crippen LogP contribution in [0.2, 0.25) is 0 Å². The van der Waals surface area contributed by atoms with E-state index in [0.29, 0.717) is 13.2 Å². The lowest BCUT2D eigenvalue weighted by molar-refractivity contribution is -0.142. The van der Waals surface area contributed by atoms with Gasteiger partial charge in [0.05, 0.1) is 19.8 Å². The summed E-state index contributed by atoms with van der Waals surface area (Å²) < 4.78 is 38.3. The molecule has 0 saturated carbocycles. The molecule has 1 fully saturated rings. The molecule has 0 radical (unpaired) electrons. The van der Waals surface area contributed by atoms with Crippen molar-refractivity contribution in [2.24, 2.45) is 0 Å². The zero-order chi connectivity index (χ0) is 14.5. The number of likely N-dealkylation sites (N-methyl/N-ethyl adjacent to an activating group) is 1. The molecular formula is C11H24NO6P. The topological polar surface area (TPSA) is 66.5 Å². The molecule has 1 saturated heterocycles. The third-order valence-electron chi connectivity index (χ3n) is 2.50. The molecule has 0 aliphatic carbocycles. The summed E-state index contributed by atoms with van der Waals surface area (Å²) in [5, 5.41) is 0. The van der Waals surface area contributed by atoms with E-state index in [1.807, 2.05) is 32.8 Å². The first-order valence-electron chi connectivity index (χ1n) is 6.18. The number of ether oxygens (including phenoxy) is 2. The fraction of sp³-hybridized carbons (Fsp3) is 1.00. The largest absolute Gasteiger partial charge is 0.474 e. The summed E-state index contributed by atoms with van der Waals surface area (Å²) in [5.41, 5.74) is 0. The summed E-state index contributed by atoms with van der Waals surface area (Å²) in [6.45, 7) is 5.04. The van der Waals surface area contributed by atoms with Gasteiger partial charge in [-0.15, -0.1) is 0 Å². The van der Waals surface area contributed by atoms with Crippen molar-refractivity contribution in [3.05, 3.63) is 0 Å². The molecule has 0 aromatic carbocycles. The highest BCUT2D eigenvalue weighted by atomic mass is 31.2. The van der Waals surface area contributed by atoms with Crippen LogP contribution in [0, 0.1) is 0 Å². The fourth-order valence-electron chi connectivity index (χ4n) is 1.50. The minimum Gasteiger partial charge on any atom is -0.348 e. The van der Waals surface area contributed by atoms with E-state index in [4.69, 9.17) is 23.0 Å². The van der Waals surface area contributed by atoms with Gasteiger partial charge in [0.25, 0.3) is 0 Å². The van der Waals surface area contributed by atoms with Crippen LogP contribution in [0.5, 0.6) is 0 Å². The summed E-state index contributed by atoms with van der Waals surface area (Å²) in [6.07, 6.45) is -0.268. The van der Waals surface area contributed by atoms with Gasteiger partial charge in [0, 0.05) is 13.7 Å². The molecule has 0 aromatic heterocycles. The van der Waals surface area contributed by atoms with E-state index in [1.165, 1.54) is 7.11 Å². The number of rotatable bonds is 8. The Bertz CT molecular complexity index is 322. The van der Waals surface area contributed by atoms with Crippen molar-refractivity contribution in [1.29, 1.82) is 0 Å². The lowest BCUT2D eigenvalue weighted by Crippen LogP contribution is -2.24. The molecule has 0 bridgehead atoms. The van der Waals surface area contributed by atoms with E-state index in [0.717, 1.165) is 0 Å². The molecule has 19 heavy (non-hydrogen) atoms. The standard InChI is InChI=1S/C11H24NO6P/c1-11(2)15-8-10(18-11)9-17-19(13,14-5)16-7-6-12(3)4/h10H,6-9H2,1-5H3/t10-,19-/m1/s1. The Morgan fingerprint density at radius 3 is 2.53 bits per heavy atom. The molecule has 7 nitrogen and oxygen atoms in total. The Kier molecular flexibility index (Phi) is 6.39. The Morgan fingerprint density at radius 1 is 1.37 bits per heavy atom. The molecule has 8 heteroatoms. The van der Waals surface area contributed by atoms with Crippen LogP contribution in [-0.4, -0.2) is 64.4 Å². The number of phosphoric acid groups is 1. The van der Waals surface area contributed by atoms with Gasteiger partial charge in [-0.3, -0.25) is 13.6 Å². The van der Waals surface area contributed by atoms with Gasteiger partial charge < -0.3 is 14.4 Å². The molecule has 1 heterocycles. The van der Waals surface area contributed by atoms with Crippen LogP contribution in [0.4, 0.5) is 0 Å². The summed E-state index contributed by atoms with van der Waals surface area (Å²) in [6, 6.07) is 0. The molecule has 1 rings (SSSR count). The van der Waals surface area contributed by atoms with E-state index >= 15 is 0 Å². The van der Waals surface area contributed by atoms with Crippen molar-refractivity contribution < 1.29 is 27.6 Å². The number of nitrogens with zero attached hydrogens (tertiary/aromatic N) is 1. The lowest BCUT2D eigenvalue weighted by Gasteiger charge is -2.20. The Hall–Kier alpha value is -0.0100. The van der Waals surface area contributed by atoms with Crippen molar-refractivity contribution in [2.45, 2.75) is 25.7 Å². The summed E-state index contributed by atoms with van der Waals surface area (Å²) in [5.74, 6) is -0.628. The lowest BCUT2D eigenvalue weighted by atomic mass is 10.4. The second-order valence-electron chi connectivity index (χ2n) is 5.01. The maximum atomic E-state index is 12.1. The zero-order valence-corrected chi connectivity index (χ0v) is 13.1. The van der Waals surface area contributed by atoms with Gasteiger partial charge in [0.15, 0.2) is 5.79 Å². The molecule has 114 valence electrons. The van der Waals surface area contributed by atoms with E-state index in [1.54, 1.807) is 0 Å². The quantitative estimate of drug-likeness (QED) is 0.629. The average molecular weight is 297 g/mol. The summed E-state index contributed by atoms with van der Waals surface area (Å²) in [4.78, 5) is 1.91. The highest BCUT2D eigenvalue weighted by Gasteiger charge is 2.35. The van der Waals surface area contributed by atoms with Gasteiger partial charge in [-0.05, 0) is 27.9 Å². The highest BCUT2D eigenvalue weighted by molar-refractivity contribution is 7.48. The Labute approximate surface area is 114 Å². The van der Waals surface area contributed by atoms with E-state index in [2.05, 4.69) is 0 Å². The minimum atomic E-state index is -3.51. The van der Waals surface area contributed by atoms with Crippen molar-refractivity contribution >= 4 is 7.82 Å². The third-order valence-corrected chi connectivity index (χ3v) is 3.91. The van der Waals surface area contributed by atoms with Crippen molar-refractivity contribution in [3.63, 3.8) is 0 Å². The molecule has 1 aliphatic heterocycles. The molecule has 0 spiro atoms. The number of hydrogen-bond donors (Lipinski definition) is 0. The summed E-state index contributed by atoms with van der Waals surface area (Å²) in [7, 11) is 1.58. The Morgan fingerprint density at radius 2 is 2.05 bits per heavy atom. The van der Waals surface area contributed by atoms with Crippen LogP contribution < -0.4 is 0 Å². The molecule has 0 aromatic rings. The molecular weight excluding hydrogens is 273 g/mol. The van der Waals surface area contributed by atoms with Crippen LogP contribution in [0.15, 0.2) is 0 Å². The normalized spacial score (nSPS) is 25.7. The minimum absolute atomic E-state index is 0.108. The van der Waals surface area contributed by atoms with Crippen LogP contribution >= 0.6 is 7.82 Å². The van der Waals surface area contributed by atoms with Crippen LogP contribution in [0.25, 0.3) is 0 Å². The van der Waals surface area contributed by atoms with E-state index in [9.17, 15) is 4.57 Å². The number of hydrogen-bond acceptors (Lipinski definition) is 7. The van der Waals surface area contributed by atoms with E-state index in [-0.39, 0.29) is 19.3 Å². The maximum absolute atomic E-state index is 12.1. The second-order valence-corrected chi connectivity index (χ2v) is 6.79. The van der Waals surface area contributed by atoms with Gasteiger partial charge in [-0.25, -0.2) is 4.57 Å². The third kappa shape index (κ3) is 6.31. The number of phosphoric ester groups is 1. The maximum Gasteiger partial charge on any atom is 0.474 e. The van der Waals surface area contributed by atoms with Crippen molar-refractivity contribution in [2.75, 3.05) is 47.6 Å². The molecule has 0 unspecified atom stereocenters. The second kappa shape index (κ2) is 7.13. The summed E-state index contributed by atoms with van der Waals surface area (Å²) >= 11 is 0. The SMILES string of the molecule is CO[P@](=O)(OCCN(C)C)OC[C@H]1COC(C)(C)O1. The fourth-order valence-corrected chi connectivity index (χ4v) is 2.44. The zero-order valence-electron chi connectivity index (χ0n) is 12.2. The van der Waals surface area contributed by atoms with Gasteiger partial charge in [0.2, 0.25) is 0 Å². The first-order valence-corrected chi connectivity index (χ1v) is 7.64. The molecule has 0 N–H and O–H groups in total. The van der Waals surface area contributed by atoms with Gasteiger partial charge in [0.1, 0.15) is 6.10 Å². The molecule has 0 amide bonds.